The van der Waals surface area contributed by atoms with E-state index < -0.39 is 17.8 Å². The molecule has 0 atom stereocenters. The van der Waals surface area contributed by atoms with Gasteiger partial charge in [-0.15, -0.1) is 0 Å². The van der Waals surface area contributed by atoms with Crippen molar-refractivity contribution in [2.45, 2.75) is 19.8 Å². The fraction of sp³-hybridized carbons (Fsp3) is 0.154. The number of rotatable bonds is 7. The molecule has 4 amide bonds. The number of imide groups is 2. The summed E-state index contributed by atoms with van der Waals surface area (Å²) in [6.45, 7) is 2.40. The highest BCUT2D eigenvalue weighted by molar-refractivity contribution is 9.10. The van der Waals surface area contributed by atoms with Crippen molar-refractivity contribution < 1.29 is 28.3 Å². The lowest BCUT2D eigenvalue weighted by molar-refractivity contribution is -0.122. The number of nitrogens with one attached hydrogen (secondary N) is 1. The van der Waals surface area contributed by atoms with Crippen LogP contribution < -0.4 is 10.2 Å². The molecule has 35 heavy (non-hydrogen) atoms. The van der Waals surface area contributed by atoms with Crippen LogP contribution in [-0.4, -0.2) is 30.4 Å². The van der Waals surface area contributed by atoms with E-state index >= 15 is 0 Å². The van der Waals surface area contributed by atoms with Crippen molar-refractivity contribution in [1.29, 1.82) is 0 Å². The molecule has 9 heteroatoms. The Kier molecular flexibility index (Phi) is 7.26. The molecule has 1 saturated heterocycles. The molecule has 1 aliphatic heterocycles. The minimum atomic E-state index is -0.826. The standard InChI is InChI=1S/C26H21BrN2O6/c1-2-3-14-34-25(32)17-6-4-16(5-7-17)22-13-12-20(35-22)15-21-23(30)28-26(33)29(24(21)31)19-10-8-18(27)9-11-19/h4-13,15H,2-3,14H2,1H3,(H,28,30,33)/b21-15-. The van der Waals surface area contributed by atoms with Crippen LogP contribution >= 0.6 is 15.9 Å². The Bertz CT molecular complexity index is 1310. The number of nitrogens with zero attached hydrogens (tertiary/aromatic N) is 1. The first-order chi connectivity index (χ1) is 16.9. The summed E-state index contributed by atoms with van der Waals surface area (Å²) in [6, 6.07) is 15.7. The van der Waals surface area contributed by atoms with Crippen LogP contribution in [0, 0.1) is 0 Å². The molecule has 3 aromatic rings. The lowest BCUT2D eigenvalue weighted by Crippen LogP contribution is -2.54. The van der Waals surface area contributed by atoms with Crippen LogP contribution in [0.4, 0.5) is 10.5 Å². The van der Waals surface area contributed by atoms with Gasteiger partial charge in [0, 0.05) is 10.0 Å². The van der Waals surface area contributed by atoms with Crippen LogP contribution in [0.2, 0.25) is 0 Å². The Morgan fingerprint density at radius 2 is 1.74 bits per heavy atom. The van der Waals surface area contributed by atoms with Crippen molar-refractivity contribution in [1.82, 2.24) is 5.32 Å². The van der Waals surface area contributed by atoms with Crippen LogP contribution in [0.5, 0.6) is 0 Å². The second-order valence-corrected chi connectivity index (χ2v) is 8.62. The van der Waals surface area contributed by atoms with Gasteiger partial charge >= 0.3 is 12.0 Å². The first-order valence-corrected chi connectivity index (χ1v) is 11.7. The number of benzene rings is 2. The molecule has 1 aliphatic rings. The highest BCUT2D eigenvalue weighted by atomic mass is 79.9. The molecular weight excluding hydrogens is 516 g/mol. The number of halogens is 1. The van der Waals surface area contributed by atoms with Crippen LogP contribution in [0.15, 0.2) is 75.1 Å². The van der Waals surface area contributed by atoms with E-state index in [2.05, 4.69) is 21.2 Å². The Labute approximate surface area is 209 Å². The summed E-state index contributed by atoms with van der Waals surface area (Å²) in [5.74, 6) is -1.22. The van der Waals surface area contributed by atoms with Gasteiger partial charge in [0.15, 0.2) is 0 Å². The van der Waals surface area contributed by atoms with Crippen molar-refractivity contribution in [2.75, 3.05) is 11.5 Å². The molecule has 0 radical (unpaired) electrons. The zero-order valence-corrected chi connectivity index (χ0v) is 20.3. The van der Waals surface area contributed by atoms with Gasteiger partial charge in [-0.2, -0.15) is 0 Å². The van der Waals surface area contributed by atoms with Crippen LogP contribution in [0.1, 0.15) is 35.9 Å². The van der Waals surface area contributed by atoms with Gasteiger partial charge in [-0.3, -0.25) is 14.9 Å². The SMILES string of the molecule is CCCCOC(=O)c1ccc(-c2ccc(/C=C3/C(=O)NC(=O)N(c4ccc(Br)cc4)C3=O)o2)cc1. The fourth-order valence-electron chi connectivity index (χ4n) is 3.37. The van der Waals surface area contributed by atoms with E-state index in [1.165, 1.54) is 6.08 Å². The van der Waals surface area contributed by atoms with Crippen LogP contribution in [-0.2, 0) is 14.3 Å². The molecule has 4 rings (SSSR count). The molecule has 8 nitrogen and oxygen atoms in total. The summed E-state index contributed by atoms with van der Waals surface area (Å²) in [6.07, 6.45) is 3.04. The van der Waals surface area contributed by atoms with Gasteiger partial charge in [-0.05, 0) is 61.0 Å². The lowest BCUT2D eigenvalue weighted by Gasteiger charge is -2.26. The number of barbiturate groups is 1. The van der Waals surface area contributed by atoms with E-state index in [9.17, 15) is 19.2 Å². The maximum absolute atomic E-state index is 13.0. The Morgan fingerprint density at radius 3 is 2.43 bits per heavy atom. The number of hydrogen-bond acceptors (Lipinski definition) is 6. The summed E-state index contributed by atoms with van der Waals surface area (Å²) in [4.78, 5) is 50.6. The Balaban J connectivity index is 1.53. The number of urea groups is 1. The van der Waals surface area contributed by atoms with Gasteiger partial charge < -0.3 is 9.15 Å². The van der Waals surface area contributed by atoms with E-state index in [0.29, 0.717) is 29.2 Å². The molecule has 2 aromatic carbocycles. The van der Waals surface area contributed by atoms with Crippen molar-refractivity contribution in [3.63, 3.8) is 0 Å². The molecule has 0 saturated carbocycles. The third-order valence-electron chi connectivity index (χ3n) is 5.24. The zero-order chi connectivity index (χ0) is 24.9. The molecule has 0 aliphatic carbocycles. The minimum Gasteiger partial charge on any atom is -0.462 e. The van der Waals surface area contributed by atoms with E-state index in [-0.39, 0.29) is 17.3 Å². The average molecular weight is 537 g/mol. The molecule has 2 heterocycles. The highest BCUT2D eigenvalue weighted by Gasteiger charge is 2.37. The van der Waals surface area contributed by atoms with Gasteiger partial charge in [0.2, 0.25) is 0 Å². The normalized spacial score (nSPS) is 14.9. The van der Waals surface area contributed by atoms with Crippen LogP contribution in [0.3, 0.4) is 0 Å². The maximum atomic E-state index is 13.0. The average Bonchev–Trinajstić information content (AvgIpc) is 3.32. The van der Waals surface area contributed by atoms with Crippen molar-refractivity contribution in [3.05, 3.63) is 82.0 Å². The monoisotopic (exact) mass is 536 g/mol. The Hall–Kier alpha value is -3.98. The van der Waals surface area contributed by atoms with Gasteiger partial charge in [-0.1, -0.05) is 41.4 Å². The quantitative estimate of drug-likeness (QED) is 0.189. The second kappa shape index (κ2) is 10.5. The first kappa shape index (κ1) is 24.2. The second-order valence-electron chi connectivity index (χ2n) is 7.70. The molecule has 1 fully saturated rings. The lowest BCUT2D eigenvalue weighted by atomic mass is 10.1. The molecule has 178 valence electrons. The van der Waals surface area contributed by atoms with Crippen LogP contribution in [0.25, 0.3) is 17.4 Å². The topological polar surface area (TPSA) is 106 Å². The van der Waals surface area contributed by atoms with Crippen molar-refractivity contribution >= 4 is 51.5 Å². The predicted molar refractivity (Wildman–Crippen MR) is 132 cm³/mol. The number of anilines is 1. The van der Waals surface area contributed by atoms with E-state index in [4.69, 9.17) is 9.15 Å². The molecule has 1 aromatic heterocycles. The summed E-state index contributed by atoms with van der Waals surface area (Å²) in [5.41, 5.74) is 1.22. The van der Waals surface area contributed by atoms with E-state index in [0.717, 1.165) is 22.2 Å². The molecular formula is C26H21BrN2O6. The summed E-state index contributed by atoms with van der Waals surface area (Å²) in [5, 5.41) is 2.18. The summed E-state index contributed by atoms with van der Waals surface area (Å²) < 4.78 is 11.8. The maximum Gasteiger partial charge on any atom is 0.338 e. The van der Waals surface area contributed by atoms with Gasteiger partial charge in [0.05, 0.1) is 17.9 Å². The number of hydrogen-bond donors (Lipinski definition) is 1. The molecule has 1 N–H and O–H groups in total. The number of esters is 1. The smallest absolute Gasteiger partial charge is 0.338 e. The third-order valence-corrected chi connectivity index (χ3v) is 5.76. The van der Waals surface area contributed by atoms with Gasteiger partial charge in [0.25, 0.3) is 11.8 Å². The van der Waals surface area contributed by atoms with Gasteiger partial charge in [0.1, 0.15) is 17.1 Å². The van der Waals surface area contributed by atoms with Crippen molar-refractivity contribution in [2.24, 2.45) is 0 Å². The fourth-order valence-corrected chi connectivity index (χ4v) is 3.64. The number of carbonyl (C=O) groups excluding carboxylic acids is 4. The highest BCUT2D eigenvalue weighted by Crippen LogP contribution is 2.27. The van der Waals surface area contributed by atoms with Crippen molar-refractivity contribution in [3.8, 4) is 11.3 Å². The number of unbranched alkanes of at least 4 members (excludes halogenated alkanes) is 1. The molecule has 0 unspecified atom stereocenters. The third kappa shape index (κ3) is 5.41. The zero-order valence-electron chi connectivity index (χ0n) is 18.7. The number of amides is 4. The number of carbonyl (C=O) groups is 4. The predicted octanol–water partition coefficient (Wildman–Crippen LogP) is 5.33. The summed E-state index contributed by atoms with van der Waals surface area (Å²) >= 11 is 3.31. The van der Waals surface area contributed by atoms with E-state index in [1.54, 1.807) is 60.7 Å². The van der Waals surface area contributed by atoms with E-state index in [1.807, 2.05) is 6.92 Å². The van der Waals surface area contributed by atoms with Gasteiger partial charge in [-0.25, -0.2) is 14.5 Å². The molecule has 0 bridgehead atoms. The first-order valence-electron chi connectivity index (χ1n) is 10.9. The number of furan rings is 1. The Morgan fingerprint density at radius 1 is 1.03 bits per heavy atom. The number of ether oxygens (including phenoxy) is 1. The minimum absolute atomic E-state index is 0.237. The summed E-state index contributed by atoms with van der Waals surface area (Å²) in [7, 11) is 0. The largest absolute Gasteiger partial charge is 0.462 e. The molecule has 0 spiro atoms.